The predicted octanol–water partition coefficient (Wildman–Crippen LogP) is 2.10. The van der Waals surface area contributed by atoms with Crippen LogP contribution in [-0.2, 0) is 16.6 Å². The van der Waals surface area contributed by atoms with Gasteiger partial charge in [0, 0.05) is 23.7 Å². The average molecular weight is 330 g/mol. The molecule has 0 radical (unpaired) electrons. The molecule has 1 aliphatic heterocycles. The fourth-order valence-electron chi connectivity index (χ4n) is 2.40. The number of anilines is 1. The van der Waals surface area contributed by atoms with E-state index < -0.39 is 4.75 Å². The van der Waals surface area contributed by atoms with Crippen molar-refractivity contribution in [2.45, 2.75) is 29.5 Å². The van der Waals surface area contributed by atoms with E-state index in [1.807, 2.05) is 44.4 Å². The number of hydrogen-bond donors (Lipinski definition) is 2. The molecule has 0 aliphatic carbocycles. The Morgan fingerprint density at radius 3 is 2.87 bits per heavy atom. The number of benzene rings is 1. The van der Waals surface area contributed by atoms with Gasteiger partial charge in [0.05, 0.1) is 17.9 Å². The minimum Gasteiger partial charge on any atom is -0.348 e. The van der Waals surface area contributed by atoms with Crippen molar-refractivity contribution >= 4 is 29.3 Å². The zero-order chi connectivity index (χ0) is 16.6. The van der Waals surface area contributed by atoms with Gasteiger partial charge >= 0.3 is 0 Å². The molecule has 2 N–H and O–H groups in total. The summed E-state index contributed by atoms with van der Waals surface area (Å²) in [5.41, 5.74) is 1.64. The van der Waals surface area contributed by atoms with E-state index in [1.165, 1.54) is 11.8 Å². The van der Waals surface area contributed by atoms with E-state index in [0.717, 1.165) is 16.1 Å². The lowest BCUT2D eigenvalue weighted by Gasteiger charge is -2.32. The van der Waals surface area contributed by atoms with Gasteiger partial charge in [0.25, 0.3) is 0 Å². The monoisotopic (exact) mass is 330 g/mol. The molecule has 2 heterocycles. The molecular weight excluding hydrogens is 312 g/mol. The molecule has 2 aromatic rings. The van der Waals surface area contributed by atoms with Crippen LogP contribution in [0.3, 0.4) is 0 Å². The summed E-state index contributed by atoms with van der Waals surface area (Å²) in [7, 11) is 1.82. The third-order valence-corrected chi connectivity index (χ3v) is 5.24. The number of para-hydroxylation sites is 1. The molecule has 6 nitrogen and oxygen atoms in total. The van der Waals surface area contributed by atoms with Crippen molar-refractivity contribution in [2.24, 2.45) is 7.05 Å². The molecule has 120 valence electrons. The number of nitrogens with zero attached hydrogens (tertiary/aromatic N) is 2. The summed E-state index contributed by atoms with van der Waals surface area (Å²) in [6.45, 7) is 3.52. The number of fused-ring (bicyclic) bond motifs is 1. The third kappa shape index (κ3) is 2.84. The molecule has 2 unspecified atom stereocenters. The first kappa shape index (κ1) is 15.6. The van der Waals surface area contributed by atoms with Crippen LogP contribution in [0.2, 0.25) is 0 Å². The van der Waals surface area contributed by atoms with Crippen molar-refractivity contribution in [1.82, 2.24) is 15.1 Å². The van der Waals surface area contributed by atoms with Crippen molar-refractivity contribution in [2.75, 3.05) is 5.32 Å². The van der Waals surface area contributed by atoms with E-state index in [1.54, 1.807) is 17.8 Å². The van der Waals surface area contributed by atoms with Crippen molar-refractivity contribution in [3.63, 3.8) is 0 Å². The summed E-state index contributed by atoms with van der Waals surface area (Å²) >= 11 is 1.27. The smallest absolute Gasteiger partial charge is 0.250 e. The summed E-state index contributed by atoms with van der Waals surface area (Å²) in [5, 5.41) is 9.82. The lowest BCUT2D eigenvalue weighted by Crippen LogP contribution is -2.52. The Labute approximate surface area is 138 Å². The molecule has 0 saturated carbocycles. The first-order chi connectivity index (χ1) is 10.9. The van der Waals surface area contributed by atoms with E-state index in [0.29, 0.717) is 0 Å². The molecule has 1 aromatic heterocycles. The van der Waals surface area contributed by atoms with E-state index in [9.17, 15) is 9.59 Å². The van der Waals surface area contributed by atoms with Crippen LogP contribution in [0.15, 0.2) is 41.6 Å². The van der Waals surface area contributed by atoms with Crippen LogP contribution < -0.4 is 10.6 Å². The van der Waals surface area contributed by atoms with Gasteiger partial charge < -0.3 is 10.6 Å². The maximum Gasteiger partial charge on any atom is 0.250 e. The second-order valence-corrected chi connectivity index (χ2v) is 7.19. The van der Waals surface area contributed by atoms with Crippen molar-refractivity contribution in [1.29, 1.82) is 0 Å². The van der Waals surface area contributed by atoms with Gasteiger partial charge in [0.15, 0.2) is 4.75 Å². The number of nitrogens with one attached hydrogen (secondary N) is 2. The minimum absolute atomic E-state index is 0.224. The highest BCUT2D eigenvalue weighted by Crippen LogP contribution is 2.42. The molecule has 1 aliphatic rings. The van der Waals surface area contributed by atoms with Crippen molar-refractivity contribution < 1.29 is 9.59 Å². The number of hydrogen-bond acceptors (Lipinski definition) is 4. The number of thioether (sulfide) groups is 1. The zero-order valence-corrected chi connectivity index (χ0v) is 14.0. The van der Waals surface area contributed by atoms with Gasteiger partial charge in [0.1, 0.15) is 0 Å². The first-order valence-electron chi connectivity index (χ1n) is 7.29. The van der Waals surface area contributed by atoms with Crippen LogP contribution in [-0.4, -0.2) is 26.3 Å². The third-order valence-electron chi connectivity index (χ3n) is 3.89. The van der Waals surface area contributed by atoms with Crippen LogP contribution in [0.5, 0.6) is 0 Å². The number of amides is 2. The standard InChI is InChI=1S/C16H18N4O2S/c1-10(11-8-17-20(3)9-11)18-14(21)16(2)15(22)19-12-6-4-5-7-13(12)23-16/h4-10H,1-3H3,(H,18,21)(H,19,22). The number of carbonyl (C=O) groups excluding carboxylic acids is 2. The van der Waals surface area contributed by atoms with E-state index in [2.05, 4.69) is 15.7 Å². The zero-order valence-electron chi connectivity index (χ0n) is 13.2. The molecule has 0 saturated heterocycles. The number of aryl methyl sites for hydroxylation is 1. The second-order valence-electron chi connectivity index (χ2n) is 5.73. The van der Waals surface area contributed by atoms with Gasteiger partial charge in [-0.15, -0.1) is 0 Å². The van der Waals surface area contributed by atoms with Crippen LogP contribution in [0.4, 0.5) is 5.69 Å². The Kier molecular flexibility index (Phi) is 3.89. The Morgan fingerprint density at radius 1 is 1.43 bits per heavy atom. The molecule has 23 heavy (non-hydrogen) atoms. The first-order valence-corrected chi connectivity index (χ1v) is 8.11. The summed E-state index contributed by atoms with van der Waals surface area (Å²) in [6, 6.07) is 7.25. The van der Waals surface area contributed by atoms with Crippen molar-refractivity contribution in [3.8, 4) is 0 Å². The highest BCUT2D eigenvalue weighted by molar-refractivity contribution is 8.02. The molecule has 1 aromatic carbocycles. The fourth-order valence-corrected chi connectivity index (χ4v) is 3.51. The van der Waals surface area contributed by atoms with Gasteiger partial charge in [0.2, 0.25) is 11.8 Å². The molecule has 2 amide bonds. The summed E-state index contributed by atoms with van der Waals surface area (Å²) in [4.78, 5) is 26.0. The number of aromatic nitrogens is 2. The van der Waals surface area contributed by atoms with Gasteiger partial charge in [-0.1, -0.05) is 23.9 Å². The van der Waals surface area contributed by atoms with Crippen LogP contribution in [0.1, 0.15) is 25.5 Å². The highest BCUT2D eigenvalue weighted by atomic mass is 32.2. The SMILES string of the molecule is CC(NC(=O)C1(C)Sc2ccccc2NC1=O)c1cnn(C)c1. The molecule has 7 heteroatoms. The number of carbonyl (C=O) groups is 2. The molecule has 2 atom stereocenters. The summed E-state index contributed by atoms with van der Waals surface area (Å²) in [6.07, 6.45) is 3.55. The van der Waals surface area contributed by atoms with Crippen LogP contribution in [0.25, 0.3) is 0 Å². The Hall–Kier alpha value is -2.28. The summed E-state index contributed by atoms with van der Waals surface area (Å²) in [5.74, 6) is -0.622. The molecule has 3 rings (SSSR count). The van der Waals surface area contributed by atoms with E-state index >= 15 is 0 Å². The van der Waals surface area contributed by atoms with Crippen LogP contribution in [0, 0.1) is 0 Å². The maximum absolute atomic E-state index is 12.7. The van der Waals surface area contributed by atoms with E-state index in [4.69, 9.17) is 0 Å². The van der Waals surface area contributed by atoms with E-state index in [-0.39, 0.29) is 17.9 Å². The Balaban J connectivity index is 1.80. The quantitative estimate of drug-likeness (QED) is 0.845. The van der Waals surface area contributed by atoms with Gasteiger partial charge in [-0.05, 0) is 26.0 Å². The topological polar surface area (TPSA) is 76.0 Å². The molecular formula is C16H18N4O2S. The number of rotatable bonds is 3. The molecule has 0 fully saturated rings. The maximum atomic E-state index is 12.7. The Bertz CT molecular complexity index is 773. The highest BCUT2D eigenvalue weighted by Gasteiger charge is 2.46. The minimum atomic E-state index is -1.20. The van der Waals surface area contributed by atoms with Crippen molar-refractivity contribution in [3.05, 3.63) is 42.2 Å². The Morgan fingerprint density at radius 2 is 2.17 bits per heavy atom. The predicted molar refractivity (Wildman–Crippen MR) is 89.1 cm³/mol. The lowest BCUT2D eigenvalue weighted by atomic mass is 10.1. The van der Waals surface area contributed by atoms with Gasteiger partial charge in [-0.2, -0.15) is 5.10 Å². The lowest BCUT2D eigenvalue weighted by molar-refractivity contribution is -0.130. The van der Waals surface area contributed by atoms with Gasteiger partial charge in [-0.3, -0.25) is 14.3 Å². The largest absolute Gasteiger partial charge is 0.348 e. The normalized spacial score (nSPS) is 21.3. The van der Waals surface area contributed by atoms with Gasteiger partial charge in [-0.25, -0.2) is 0 Å². The average Bonchev–Trinajstić information content (AvgIpc) is 2.95. The van der Waals surface area contributed by atoms with Crippen LogP contribution >= 0.6 is 11.8 Å². The molecule has 0 spiro atoms. The second kappa shape index (κ2) is 5.73. The molecule has 0 bridgehead atoms. The fraction of sp³-hybridized carbons (Fsp3) is 0.312. The summed E-state index contributed by atoms with van der Waals surface area (Å²) < 4.78 is 0.475.